The third kappa shape index (κ3) is 5.24. The van der Waals surface area contributed by atoms with Crippen molar-refractivity contribution in [3.05, 3.63) is 63.7 Å². The number of halogens is 3. The van der Waals surface area contributed by atoms with Crippen LogP contribution in [0.3, 0.4) is 0 Å². The van der Waals surface area contributed by atoms with Gasteiger partial charge >= 0.3 is 0 Å². The van der Waals surface area contributed by atoms with Crippen LogP contribution < -0.4 is 10.3 Å². The van der Waals surface area contributed by atoms with Crippen LogP contribution >= 0.6 is 61.1 Å². The second-order valence-electron chi connectivity index (χ2n) is 7.30. The molecule has 0 saturated carbocycles. The summed E-state index contributed by atoms with van der Waals surface area (Å²) in [7, 11) is 0. The lowest BCUT2D eigenvalue weighted by Gasteiger charge is -2.16. The largest absolute Gasteiger partial charge is 0.489 e. The summed E-state index contributed by atoms with van der Waals surface area (Å²) in [6.07, 6.45) is 2.80. The maximum absolute atomic E-state index is 13.1. The molecule has 1 heterocycles. The van der Waals surface area contributed by atoms with E-state index in [1.54, 1.807) is 12.3 Å². The first-order valence-corrected chi connectivity index (χ1v) is 12.6. The molecule has 5 nitrogen and oxygen atoms in total. The molecule has 8 heteroatoms. The summed E-state index contributed by atoms with van der Waals surface area (Å²) >= 11 is 7.99. The Hall–Kier alpha value is -1.01. The summed E-state index contributed by atoms with van der Waals surface area (Å²) in [6.45, 7) is 8.18. The zero-order valence-corrected chi connectivity index (χ0v) is 23.0. The van der Waals surface area contributed by atoms with Crippen LogP contribution in [-0.4, -0.2) is 22.0 Å². The molecular weight excluding hydrogens is 672 g/mol. The predicted molar refractivity (Wildman–Crippen MR) is 143 cm³/mol. The van der Waals surface area contributed by atoms with Crippen LogP contribution in [0.5, 0.6) is 5.75 Å². The third-order valence-corrected chi connectivity index (χ3v) is 6.68. The Bertz CT molecular complexity index is 1150. The van der Waals surface area contributed by atoms with Gasteiger partial charge in [-0.05, 0) is 94.4 Å². The van der Waals surface area contributed by atoms with Crippen LogP contribution in [0.4, 0.5) is 0 Å². The monoisotopic (exact) mass is 693 g/mol. The predicted octanol–water partition coefficient (Wildman–Crippen LogP) is 6.55. The van der Waals surface area contributed by atoms with E-state index >= 15 is 0 Å². The molecular formula is C22H22BrI2N3O2. The van der Waals surface area contributed by atoms with Crippen molar-refractivity contribution in [1.29, 1.82) is 0 Å². The first-order chi connectivity index (χ1) is 14.2. The van der Waals surface area contributed by atoms with E-state index in [1.165, 1.54) is 4.68 Å². The van der Waals surface area contributed by atoms with Gasteiger partial charge < -0.3 is 4.74 Å². The van der Waals surface area contributed by atoms with Gasteiger partial charge in [-0.1, -0.05) is 36.7 Å². The molecule has 0 radical (unpaired) electrons. The molecule has 0 aliphatic rings. The summed E-state index contributed by atoms with van der Waals surface area (Å²) in [4.78, 5) is 17.8. The van der Waals surface area contributed by atoms with Crippen LogP contribution in [0.15, 0.2) is 44.7 Å². The normalized spacial score (nSPS) is 12.8. The summed E-state index contributed by atoms with van der Waals surface area (Å²) < 4.78 is 10.3. The molecule has 0 amide bonds. The van der Waals surface area contributed by atoms with Crippen molar-refractivity contribution in [2.24, 2.45) is 5.10 Å². The van der Waals surface area contributed by atoms with Gasteiger partial charge in [-0.3, -0.25) is 4.79 Å². The zero-order chi connectivity index (χ0) is 22.0. The van der Waals surface area contributed by atoms with E-state index < -0.39 is 0 Å². The van der Waals surface area contributed by atoms with E-state index in [9.17, 15) is 4.79 Å². The topological polar surface area (TPSA) is 56.5 Å². The molecule has 3 aromatic rings. The molecule has 158 valence electrons. The average Bonchev–Trinajstić information content (AvgIpc) is 2.69. The highest BCUT2D eigenvalue weighted by Gasteiger charge is 2.15. The maximum atomic E-state index is 13.1. The molecule has 0 spiro atoms. The number of nitrogens with zero attached hydrogens (tertiary/aromatic N) is 3. The van der Waals surface area contributed by atoms with Crippen LogP contribution in [0.1, 0.15) is 51.4 Å². The lowest BCUT2D eigenvalue weighted by Crippen LogP contribution is -2.23. The van der Waals surface area contributed by atoms with Crippen molar-refractivity contribution in [2.75, 3.05) is 0 Å². The van der Waals surface area contributed by atoms with Crippen molar-refractivity contribution in [1.82, 2.24) is 9.66 Å². The highest BCUT2D eigenvalue weighted by molar-refractivity contribution is 14.1. The Morgan fingerprint density at radius 1 is 1.20 bits per heavy atom. The minimum absolute atomic E-state index is 0.0504. The lowest BCUT2D eigenvalue weighted by molar-refractivity contribution is 0.214. The van der Waals surface area contributed by atoms with Gasteiger partial charge in [-0.15, -0.1) is 0 Å². The van der Waals surface area contributed by atoms with E-state index in [0.717, 1.165) is 29.3 Å². The van der Waals surface area contributed by atoms with Crippen molar-refractivity contribution < 1.29 is 4.74 Å². The van der Waals surface area contributed by atoms with Crippen molar-refractivity contribution in [2.45, 2.75) is 46.1 Å². The summed E-state index contributed by atoms with van der Waals surface area (Å²) in [6, 6.07) is 9.54. The van der Waals surface area contributed by atoms with E-state index in [1.807, 2.05) is 38.1 Å². The summed E-state index contributed by atoms with van der Waals surface area (Å²) in [5.74, 6) is 1.57. The smallest absolute Gasteiger partial charge is 0.282 e. The Kier molecular flexibility index (Phi) is 7.94. The quantitative estimate of drug-likeness (QED) is 0.218. The first kappa shape index (κ1) is 23.6. The molecule has 0 N–H and O–H groups in total. The van der Waals surface area contributed by atoms with Crippen molar-refractivity contribution in [3.63, 3.8) is 0 Å². The van der Waals surface area contributed by atoms with Crippen LogP contribution in [0.25, 0.3) is 10.9 Å². The number of hydrogen-bond donors (Lipinski definition) is 0. The summed E-state index contributed by atoms with van der Waals surface area (Å²) in [5.41, 5.74) is 1.40. The molecule has 0 bridgehead atoms. The molecule has 0 aliphatic heterocycles. The fraction of sp³-hybridized carbons (Fsp3) is 0.318. The second kappa shape index (κ2) is 10.1. The standard InChI is InChI=1S/C22H22BrI2N3O2/c1-5-13(4)30-20-17(24)8-14(9-18(20)25)11-26-28-21(12(2)3)27-19-7-6-15(23)10-16(19)22(28)29/h6-13H,5H2,1-4H3/t13-/m1/s1. The number of fused-ring (bicyclic) bond motifs is 1. The molecule has 0 saturated heterocycles. The number of ether oxygens (including phenoxy) is 1. The van der Waals surface area contributed by atoms with E-state index in [4.69, 9.17) is 4.74 Å². The van der Waals surface area contributed by atoms with Gasteiger partial charge in [0, 0.05) is 10.4 Å². The average molecular weight is 694 g/mol. The number of aromatic nitrogens is 2. The van der Waals surface area contributed by atoms with E-state index in [2.05, 4.69) is 85.0 Å². The summed E-state index contributed by atoms with van der Waals surface area (Å²) in [5, 5.41) is 5.05. The fourth-order valence-electron chi connectivity index (χ4n) is 2.83. The molecule has 0 aliphatic carbocycles. The van der Waals surface area contributed by atoms with Gasteiger partial charge in [0.05, 0.1) is 30.4 Å². The van der Waals surface area contributed by atoms with Crippen LogP contribution in [0, 0.1) is 7.14 Å². The highest BCUT2D eigenvalue weighted by Crippen LogP contribution is 2.30. The number of benzene rings is 2. The molecule has 3 rings (SSSR count). The Morgan fingerprint density at radius 3 is 2.47 bits per heavy atom. The van der Waals surface area contributed by atoms with Crippen molar-refractivity contribution >= 4 is 78.2 Å². The van der Waals surface area contributed by atoms with Gasteiger partial charge in [0.15, 0.2) is 0 Å². The Morgan fingerprint density at radius 2 is 1.87 bits per heavy atom. The number of hydrogen-bond acceptors (Lipinski definition) is 4. The molecule has 1 atom stereocenters. The lowest BCUT2D eigenvalue weighted by atomic mass is 10.2. The highest BCUT2D eigenvalue weighted by atomic mass is 127. The van der Waals surface area contributed by atoms with Gasteiger partial charge in [-0.2, -0.15) is 9.78 Å². The van der Waals surface area contributed by atoms with E-state index in [0.29, 0.717) is 16.7 Å². The molecule has 30 heavy (non-hydrogen) atoms. The Balaban J connectivity index is 2.06. The molecule has 1 aromatic heterocycles. The first-order valence-electron chi connectivity index (χ1n) is 9.63. The SMILES string of the molecule is CC[C@@H](C)Oc1c(I)cc(C=Nn2c(C(C)C)nc3ccc(Br)cc3c2=O)cc1I. The molecule has 0 unspecified atom stereocenters. The molecule has 0 fully saturated rings. The third-order valence-electron chi connectivity index (χ3n) is 4.59. The fourth-order valence-corrected chi connectivity index (χ4v) is 5.26. The van der Waals surface area contributed by atoms with Gasteiger partial charge in [0.1, 0.15) is 11.6 Å². The number of rotatable bonds is 6. The van der Waals surface area contributed by atoms with Crippen LogP contribution in [0.2, 0.25) is 0 Å². The Labute approximate surface area is 211 Å². The van der Waals surface area contributed by atoms with Gasteiger partial charge in [0.25, 0.3) is 5.56 Å². The molecule has 2 aromatic carbocycles. The van der Waals surface area contributed by atoms with Gasteiger partial charge in [-0.25, -0.2) is 4.98 Å². The second-order valence-corrected chi connectivity index (χ2v) is 10.5. The zero-order valence-electron chi connectivity index (χ0n) is 17.1. The maximum Gasteiger partial charge on any atom is 0.282 e. The van der Waals surface area contributed by atoms with Crippen LogP contribution in [-0.2, 0) is 0 Å². The minimum atomic E-state index is -0.178. The van der Waals surface area contributed by atoms with Crippen molar-refractivity contribution in [3.8, 4) is 5.75 Å². The van der Waals surface area contributed by atoms with E-state index in [-0.39, 0.29) is 17.6 Å². The van der Waals surface area contributed by atoms with Gasteiger partial charge in [0.2, 0.25) is 0 Å². The minimum Gasteiger partial charge on any atom is -0.489 e.